The predicted molar refractivity (Wildman–Crippen MR) is 76.7 cm³/mol. The zero-order valence-corrected chi connectivity index (χ0v) is 11.2. The van der Waals surface area contributed by atoms with Gasteiger partial charge in [-0.05, 0) is 35.7 Å². The number of hydrogen-bond acceptors (Lipinski definition) is 2. The van der Waals surface area contributed by atoms with Crippen LogP contribution in [0.4, 0.5) is 0 Å². The fourth-order valence-corrected chi connectivity index (χ4v) is 2.44. The molecular weight excluding hydrogens is 267 g/mol. The van der Waals surface area contributed by atoms with Gasteiger partial charge in [-0.15, -0.1) is 0 Å². The van der Waals surface area contributed by atoms with Gasteiger partial charge in [-0.25, -0.2) is 0 Å². The van der Waals surface area contributed by atoms with Crippen LogP contribution in [-0.4, -0.2) is 0 Å². The fraction of sp³-hybridized carbons (Fsp3) is 0.143. The van der Waals surface area contributed by atoms with Crippen molar-refractivity contribution in [2.24, 2.45) is 5.84 Å². The molecular formula is C14H14Cl2N2. The van der Waals surface area contributed by atoms with Crippen LogP contribution in [0.15, 0.2) is 48.5 Å². The van der Waals surface area contributed by atoms with Gasteiger partial charge in [0.15, 0.2) is 0 Å². The second kappa shape index (κ2) is 6.21. The summed E-state index contributed by atoms with van der Waals surface area (Å²) in [6.45, 7) is 0. The Labute approximate surface area is 117 Å². The molecule has 2 aromatic carbocycles. The molecule has 0 amide bonds. The highest BCUT2D eigenvalue weighted by Gasteiger charge is 2.11. The Kier molecular flexibility index (Phi) is 4.61. The first-order chi connectivity index (χ1) is 8.69. The average Bonchev–Trinajstić information content (AvgIpc) is 2.36. The maximum Gasteiger partial charge on any atom is 0.0501 e. The Morgan fingerprint density at radius 1 is 1.00 bits per heavy atom. The molecule has 0 saturated carbocycles. The first-order valence-corrected chi connectivity index (χ1v) is 6.40. The Morgan fingerprint density at radius 3 is 2.17 bits per heavy atom. The van der Waals surface area contributed by atoms with Gasteiger partial charge < -0.3 is 0 Å². The molecule has 0 aliphatic rings. The van der Waals surface area contributed by atoms with E-state index in [1.165, 1.54) is 5.56 Å². The molecule has 0 saturated heterocycles. The zero-order valence-electron chi connectivity index (χ0n) is 9.74. The summed E-state index contributed by atoms with van der Waals surface area (Å²) in [5.74, 6) is 5.62. The van der Waals surface area contributed by atoms with Crippen molar-refractivity contribution in [3.8, 4) is 0 Å². The number of nitrogens with one attached hydrogen (secondary N) is 1. The monoisotopic (exact) mass is 280 g/mol. The molecule has 2 nitrogen and oxygen atoms in total. The van der Waals surface area contributed by atoms with Crippen LogP contribution in [0, 0.1) is 0 Å². The number of rotatable bonds is 4. The first-order valence-electron chi connectivity index (χ1n) is 5.65. The number of halogens is 2. The maximum atomic E-state index is 6.00. The van der Waals surface area contributed by atoms with E-state index in [2.05, 4.69) is 17.6 Å². The van der Waals surface area contributed by atoms with Gasteiger partial charge in [0, 0.05) is 10.0 Å². The highest BCUT2D eigenvalue weighted by atomic mass is 35.5. The quantitative estimate of drug-likeness (QED) is 0.661. The lowest BCUT2D eigenvalue weighted by Gasteiger charge is -2.17. The summed E-state index contributed by atoms with van der Waals surface area (Å²) in [5.41, 5.74) is 4.99. The van der Waals surface area contributed by atoms with Crippen molar-refractivity contribution in [1.29, 1.82) is 0 Å². The average molecular weight is 281 g/mol. The third kappa shape index (κ3) is 3.47. The van der Waals surface area contributed by atoms with E-state index in [9.17, 15) is 0 Å². The number of hydrazine groups is 1. The van der Waals surface area contributed by atoms with Crippen LogP contribution < -0.4 is 11.3 Å². The van der Waals surface area contributed by atoms with Crippen LogP contribution in [0.5, 0.6) is 0 Å². The smallest absolute Gasteiger partial charge is 0.0501 e. The van der Waals surface area contributed by atoms with Crippen molar-refractivity contribution in [3.05, 3.63) is 69.7 Å². The Hall–Kier alpha value is -1.06. The van der Waals surface area contributed by atoms with Crippen LogP contribution >= 0.6 is 23.2 Å². The van der Waals surface area contributed by atoms with Gasteiger partial charge in [-0.3, -0.25) is 11.3 Å². The van der Waals surface area contributed by atoms with Crippen LogP contribution in [-0.2, 0) is 6.42 Å². The molecule has 18 heavy (non-hydrogen) atoms. The van der Waals surface area contributed by atoms with E-state index in [1.807, 2.05) is 30.3 Å². The van der Waals surface area contributed by atoms with Gasteiger partial charge in [-0.2, -0.15) is 0 Å². The molecule has 94 valence electrons. The highest BCUT2D eigenvalue weighted by Crippen LogP contribution is 2.25. The minimum Gasteiger partial charge on any atom is -0.271 e. The van der Waals surface area contributed by atoms with Gasteiger partial charge in [-0.1, -0.05) is 53.5 Å². The molecule has 3 N–H and O–H groups in total. The third-order valence-corrected chi connectivity index (χ3v) is 3.21. The van der Waals surface area contributed by atoms with E-state index in [-0.39, 0.29) is 6.04 Å². The summed E-state index contributed by atoms with van der Waals surface area (Å²) in [5, 5.41) is 1.23. The van der Waals surface area contributed by atoms with Crippen LogP contribution in [0.3, 0.4) is 0 Å². The molecule has 0 heterocycles. The number of benzene rings is 2. The van der Waals surface area contributed by atoms with Crippen molar-refractivity contribution in [3.63, 3.8) is 0 Å². The van der Waals surface area contributed by atoms with Crippen molar-refractivity contribution in [1.82, 2.24) is 5.43 Å². The summed E-state index contributed by atoms with van der Waals surface area (Å²) < 4.78 is 0. The molecule has 2 aromatic rings. The molecule has 1 unspecified atom stereocenters. The van der Waals surface area contributed by atoms with Crippen molar-refractivity contribution >= 4 is 23.2 Å². The Bertz CT molecular complexity index is 494. The molecule has 0 fully saturated rings. The standard InChI is InChI=1S/C14H14Cl2N2/c15-12-7-11(8-13(16)9-12)14(18-17)6-10-4-2-1-3-5-10/h1-5,7-9,14,18H,6,17H2. The van der Waals surface area contributed by atoms with Crippen molar-refractivity contribution in [2.45, 2.75) is 12.5 Å². The molecule has 0 spiro atoms. The van der Waals surface area contributed by atoms with Gasteiger partial charge in [0.25, 0.3) is 0 Å². The minimum atomic E-state index is -0.0106. The SMILES string of the molecule is NNC(Cc1ccccc1)c1cc(Cl)cc(Cl)c1. The lowest BCUT2D eigenvalue weighted by Crippen LogP contribution is -2.29. The van der Waals surface area contributed by atoms with Gasteiger partial charge in [0.2, 0.25) is 0 Å². The third-order valence-electron chi connectivity index (χ3n) is 2.77. The van der Waals surface area contributed by atoms with E-state index in [0.29, 0.717) is 10.0 Å². The van der Waals surface area contributed by atoms with Gasteiger partial charge >= 0.3 is 0 Å². The Morgan fingerprint density at radius 2 is 1.61 bits per heavy atom. The second-order valence-corrected chi connectivity index (χ2v) is 4.98. The van der Waals surface area contributed by atoms with Crippen molar-refractivity contribution < 1.29 is 0 Å². The van der Waals surface area contributed by atoms with Crippen LogP contribution in [0.1, 0.15) is 17.2 Å². The summed E-state index contributed by atoms with van der Waals surface area (Å²) >= 11 is 12.0. The number of nitrogens with two attached hydrogens (primary N) is 1. The van der Waals surface area contributed by atoms with E-state index >= 15 is 0 Å². The summed E-state index contributed by atoms with van der Waals surface area (Å²) in [6.07, 6.45) is 0.786. The molecule has 2 rings (SSSR count). The summed E-state index contributed by atoms with van der Waals surface area (Å²) in [4.78, 5) is 0. The predicted octanol–water partition coefficient (Wildman–Crippen LogP) is 3.74. The van der Waals surface area contributed by atoms with Gasteiger partial charge in [0.1, 0.15) is 0 Å². The molecule has 0 aromatic heterocycles. The zero-order chi connectivity index (χ0) is 13.0. The van der Waals surface area contributed by atoms with Crippen LogP contribution in [0.2, 0.25) is 10.0 Å². The highest BCUT2D eigenvalue weighted by molar-refractivity contribution is 6.34. The molecule has 0 aliphatic heterocycles. The summed E-state index contributed by atoms with van der Waals surface area (Å²) in [6, 6.07) is 15.6. The second-order valence-electron chi connectivity index (χ2n) is 4.11. The molecule has 1 atom stereocenters. The lowest BCUT2D eigenvalue weighted by molar-refractivity contribution is 0.552. The Balaban J connectivity index is 2.23. The van der Waals surface area contributed by atoms with E-state index < -0.39 is 0 Å². The molecule has 0 radical (unpaired) electrons. The molecule has 0 aliphatic carbocycles. The van der Waals surface area contributed by atoms with Crippen molar-refractivity contribution in [2.75, 3.05) is 0 Å². The largest absolute Gasteiger partial charge is 0.271 e. The minimum absolute atomic E-state index is 0.0106. The molecule has 0 bridgehead atoms. The van der Waals surface area contributed by atoms with Crippen LogP contribution in [0.25, 0.3) is 0 Å². The van der Waals surface area contributed by atoms with Gasteiger partial charge in [0.05, 0.1) is 6.04 Å². The topological polar surface area (TPSA) is 38.0 Å². The maximum absolute atomic E-state index is 6.00. The molecule has 4 heteroatoms. The van der Waals surface area contributed by atoms with E-state index in [1.54, 1.807) is 6.07 Å². The van der Waals surface area contributed by atoms with E-state index in [4.69, 9.17) is 29.0 Å². The normalized spacial score (nSPS) is 12.4. The fourth-order valence-electron chi connectivity index (χ4n) is 1.90. The number of hydrogen-bond donors (Lipinski definition) is 2. The first kappa shape index (κ1) is 13.4. The lowest BCUT2D eigenvalue weighted by atomic mass is 9.99. The summed E-state index contributed by atoms with van der Waals surface area (Å²) in [7, 11) is 0. The van der Waals surface area contributed by atoms with E-state index in [0.717, 1.165) is 12.0 Å².